The SMILES string of the molecule is CCC/C(=C\c1ccccc1O)CC[C@H]1OC[C@H]2C1=C(CC)C[C@H]1C(=O)N(C3CCCCC3)C(=O)[C@H]12. The van der Waals surface area contributed by atoms with Crippen LogP contribution in [-0.2, 0) is 14.3 Å². The summed E-state index contributed by atoms with van der Waals surface area (Å²) in [5, 5.41) is 10.2. The number of phenols is 1. The smallest absolute Gasteiger partial charge is 0.234 e. The number of carbonyl (C=O) groups excluding carboxylic acids is 2. The molecule has 0 unspecified atom stereocenters. The number of hydrogen-bond acceptors (Lipinski definition) is 4. The third-order valence-electron chi connectivity index (χ3n) is 9.00. The summed E-state index contributed by atoms with van der Waals surface area (Å²) in [6.07, 6.45) is 12.9. The number of ether oxygens (including phenoxy) is 1. The highest BCUT2D eigenvalue weighted by Crippen LogP contribution is 2.51. The molecule has 2 heterocycles. The number of carbonyl (C=O) groups is 2. The summed E-state index contributed by atoms with van der Waals surface area (Å²) in [5.74, 6) is 0.0878. The van der Waals surface area contributed by atoms with E-state index in [-0.39, 0.29) is 41.7 Å². The maximum atomic E-state index is 13.7. The summed E-state index contributed by atoms with van der Waals surface area (Å²) < 4.78 is 6.39. The number of benzene rings is 1. The van der Waals surface area contributed by atoms with Gasteiger partial charge >= 0.3 is 0 Å². The summed E-state index contributed by atoms with van der Waals surface area (Å²) in [7, 11) is 0. The van der Waals surface area contributed by atoms with Crippen LogP contribution in [0, 0.1) is 17.8 Å². The van der Waals surface area contributed by atoms with Gasteiger partial charge in [0, 0.05) is 17.5 Å². The number of aromatic hydroxyl groups is 1. The fourth-order valence-electron chi connectivity index (χ4n) is 7.27. The Bertz CT molecular complexity index is 1050. The number of imide groups is 1. The molecule has 2 aliphatic heterocycles. The monoisotopic (exact) mass is 491 g/mol. The molecule has 0 radical (unpaired) electrons. The number of nitrogens with zero attached hydrogens (tertiary/aromatic N) is 1. The van der Waals surface area contributed by atoms with E-state index in [9.17, 15) is 14.7 Å². The number of likely N-dealkylation sites (tertiary alicyclic amines) is 1. The van der Waals surface area contributed by atoms with Crippen LogP contribution in [0.4, 0.5) is 0 Å². The zero-order chi connectivity index (χ0) is 25.2. The Morgan fingerprint density at radius 1 is 1.06 bits per heavy atom. The van der Waals surface area contributed by atoms with Crippen molar-refractivity contribution in [3.8, 4) is 5.75 Å². The third kappa shape index (κ3) is 4.67. The standard InChI is InChI=1S/C31H41NO4/c1-3-10-20(17-22-11-8-9-14-26(22)33)15-16-27-28-21(4-2)18-24-29(25(28)19-36-27)31(35)32(30(24)34)23-12-6-5-7-13-23/h8-9,11,14,17,23-25,27,29,33H,3-7,10,12-13,15-16,18-19H2,1-2H3/b20-17+/t24-,25+,27-,29-/m1/s1. The second kappa shape index (κ2) is 10.9. The van der Waals surface area contributed by atoms with Crippen molar-refractivity contribution in [1.82, 2.24) is 4.90 Å². The first kappa shape index (κ1) is 25.3. The number of allylic oxidation sites excluding steroid dienone is 2. The third-order valence-corrected chi connectivity index (χ3v) is 9.00. The average Bonchev–Trinajstić information content (AvgIpc) is 3.42. The molecule has 2 aliphatic carbocycles. The molecule has 2 amide bonds. The van der Waals surface area contributed by atoms with E-state index in [2.05, 4.69) is 19.9 Å². The van der Waals surface area contributed by atoms with E-state index in [1.807, 2.05) is 18.2 Å². The van der Waals surface area contributed by atoms with Crippen LogP contribution in [0.3, 0.4) is 0 Å². The summed E-state index contributed by atoms with van der Waals surface area (Å²) in [5.41, 5.74) is 4.84. The van der Waals surface area contributed by atoms with Gasteiger partial charge in [-0.2, -0.15) is 0 Å². The van der Waals surface area contributed by atoms with E-state index < -0.39 is 0 Å². The van der Waals surface area contributed by atoms with E-state index >= 15 is 0 Å². The summed E-state index contributed by atoms with van der Waals surface area (Å²) in [4.78, 5) is 28.8. The average molecular weight is 492 g/mol. The van der Waals surface area contributed by atoms with E-state index in [0.717, 1.165) is 69.8 Å². The molecule has 4 atom stereocenters. The van der Waals surface area contributed by atoms with Crippen molar-refractivity contribution in [3.05, 3.63) is 46.5 Å². The van der Waals surface area contributed by atoms with Crippen molar-refractivity contribution >= 4 is 17.9 Å². The number of hydrogen-bond donors (Lipinski definition) is 1. The van der Waals surface area contributed by atoms with Crippen molar-refractivity contribution in [2.45, 2.75) is 96.6 Å². The van der Waals surface area contributed by atoms with Gasteiger partial charge in [-0.05, 0) is 56.6 Å². The van der Waals surface area contributed by atoms with Crippen molar-refractivity contribution in [1.29, 1.82) is 0 Å². The molecule has 1 N–H and O–H groups in total. The van der Waals surface area contributed by atoms with E-state index in [1.54, 1.807) is 11.0 Å². The molecular weight excluding hydrogens is 450 g/mol. The molecule has 5 nitrogen and oxygen atoms in total. The largest absolute Gasteiger partial charge is 0.507 e. The van der Waals surface area contributed by atoms with Gasteiger partial charge < -0.3 is 9.84 Å². The molecule has 1 saturated carbocycles. The molecule has 3 fully saturated rings. The van der Waals surface area contributed by atoms with Gasteiger partial charge in [-0.15, -0.1) is 0 Å². The molecule has 0 spiro atoms. The van der Waals surface area contributed by atoms with E-state index in [1.165, 1.54) is 23.1 Å². The predicted molar refractivity (Wildman–Crippen MR) is 141 cm³/mol. The Hall–Kier alpha value is -2.40. The maximum absolute atomic E-state index is 13.7. The first-order valence-electron chi connectivity index (χ1n) is 14.2. The van der Waals surface area contributed by atoms with Crippen molar-refractivity contribution in [3.63, 3.8) is 0 Å². The van der Waals surface area contributed by atoms with Crippen LogP contribution >= 0.6 is 0 Å². The van der Waals surface area contributed by atoms with E-state index in [4.69, 9.17) is 4.74 Å². The molecule has 1 aromatic carbocycles. The van der Waals surface area contributed by atoms with Crippen LogP contribution in [0.1, 0.15) is 90.0 Å². The zero-order valence-corrected chi connectivity index (χ0v) is 21.9. The fourth-order valence-corrected chi connectivity index (χ4v) is 7.27. The molecule has 36 heavy (non-hydrogen) atoms. The Morgan fingerprint density at radius 2 is 1.83 bits per heavy atom. The fraction of sp³-hybridized carbons (Fsp3) is 0.613. The number of rotatable bonds is 8. The lowest BCUT2D eigenvalue weighted by Gasteiger charge is -2.31. The van der Waals surface area contributed by atoms with Gasteiger partial charge in [-0.1, -0.05) is 75.0 Å². The van der Waals surface area contributed by atoms with Crippen LogP contribution in [-0.4, -0.2) is 40.6 Å². The summed E-state index contributed by atoms with van der Waals surface area (Å²) in [6.45, 7) is 4.91. The normalized spacial score (nSPS) is 29.2. The Balaban J connectivity index is 1.34. The van der Waals surface area contributed by atoms with Gasteiger partial charge in [0.05, 0.1) is 24.5 Å². The van der Waals surface area contributed by atoms with Gasteiger partial charge in [-0.3, -0.25) is 14.5 Å². The zero-order valence-electron chi connectivity index (χ0n) is 21.9. The highest BCUT2D eigenvalue weighted by molar-refractivity contribution is 6.06. The van der Waals surface area contributed by atoms with Crippen molar-refractivity contribution < 1.29 is 19.4 Å². The molecular formula is C31H41NO4. The van der Waals surface area contributed by atoms with Gasteiger partial charge in [-0.25, -0.2) is 0 Å². The van der Waals surface area contributed by atoms with Crippen LogP contribution < -0.4 is 0 Å². The van der Waals surface area contributed by atoms with Crippen LogP contribution in [0.25, 0.3) is 6.08 Å². The predicted octanol–water partition coefficient (Wildman–Crippen LogP) is 6.42. The number of phenolic OH excluding ortho intramolecular Hbond substituents is 1. The number of fused-ring (bicyclic) bond motifs is 3. The van der Waals surface area contributed by atoms with Crippen LogP contribution in [0.2, 0.25) is 0 Å². The number of para-hydroxylation sites is 1. The quantitative estimate of drug-likeness (QED) is 0.337. The van der Waals surface area contributed by atoms with E-state index in [0.29, 0.717) is 12.4 Å². The Labute approximate surface area is 215 Å². The van der Waals surface area contributed by atoms with Crippen LogP contribution in [0.15, 0.2) is 41.0 Å². The van der Waals surface area contributed by atoms with Crippen molar-refractivity contribution in [2.24, 2.45) is 17.8 Å². The van der Waals surface area contributed by atoms with Gasteiger partial charge in [0.15, 0.2) is 0 Å². The second-order valence-corrected chi connectivity index (χ2v) is 11.2. The van der Waals surface area contributed by atoms with Gasteiger partial charge in [0.25, 0.3) is 0 Å². The van der Waals surface area contributed by atoms with Crippen LogP contribution in [0.5, 0.6) is 5.75 Å². The minimum atomic E-state index is -0.235. The molecule has 4 aliphatic rings. The highest BCUT2D eigenvalue weighted by Gasteiger charge is 2.57. The maximum Gasteiger partial charge on any atom is 0.234 e. The number of amides is 2. The molecule has 0 aromatic heterocycles. The summed E-state index contributed by atoms with van der Waals surface area (Å²) in [6, 6.07) is 7.58. The van der Waals surface area contributed by atoms with Crippen molar-refractivity contribution in [2.75, 3.05) is 6.61 Å². The lowest BCUT2D eigenvalue weighted by Crippen LogP contribution is -2.42. The van der Waals surface area contributed by atoms with Gasteiger partial charge in [0.2, 0.25) is 11.8 Å². The highest BCUT2D eigenvalue weighted by atomic mass is 16.5. The second-order valence-electron chi connectivity index (χ2n) is 11.2. The minimum absolute atomic E-state index is 0.0159. The molecule has 1 aromatic rings. The molecule has 0 bridgehead atoms. The van der Waals surface area contributed by atoms with Gasteiger partial charge in [0.1, 0.15) is 5.75 Å². The first-order chi connectivity index (χ1) is 17.5. The molecule has 194 valence electrons. The lowest BCUT2D eigenvalue weighted by molar-refractivity contribution is -0.143. The topological polar surface area (TPSA) is 66.8 Å². The Kier molecular flexibility index (Phi) is 7.66. The first-order valence-corrected chi connectivity index (χ1v) is 14.2. The molecule has 2 saturated heterocycles. The molecule has 5 rings (SSSR count). The Morgan fingerprint density at radius 3 is 2.56 bits per heavy atom. The minimum Gasteiger partial charge on any atom is -0.507 e. The summed E-state index contributed by atoms with van der Waals surface area (Å²) >= 11 is 0. The molecule has 5 heteroatoms. The lowest BCUT2D eigenvalue weighted by atomic mass is 9.69.